The number of amides is 2. The Hall–Kier alpha value is -3.50. The van der Waals surface area contributed by atoms with Gasteiger partial charge < -0.3 is 15.0 Å². The Balaban J connectivity index is 0.00000241. The van der Waals surface area contributed by atoms with Gasteiger partial charge in [0.15, 0.2) is 0 Å². The molecule has 10 heteroatoms. The molecule has 1 aliphatic heterocycles. The number of sulfonamides is 1. The number of nitrogens with one attached hydrogen (secondary N) is 2. The molecule has 4 rings (SSSR count). The Morgan fingerprint density at radius 3 is 2.40 bits per heavy atom. The molecule has 0 unspecified atom stereocenters. The minimum absolute atomic E-state index is 0. The van der Waals surface area contributed by atoms with Gasteiger partial charge >= 0.3 is 6.03 Å². The van der Waals surface area contributed by atoms with Crippen molar-refractivity contribution in [3.8, 4) is 28.1 Å². The number of likely N-dealkylation sites (tertiary alicyclic amines) is 1. The Kier molecular flexibility index (Phi) is 7.32. The van der Waals surface area contributed by atoms with Crippen molar-refractivity contribution in [2.75, 3.05) is 31.7 Å². The number of piperidine rings is 1. The molecule has 1 aliphatic rings. The number of pyridine rings is 1. The number of rotatable bonds is 6. The van der Waals surface area contributed by atoms with Crippen LogP contribution in [0.25, 0.3) is 22.3 Å². The molecular weight excluding hydrogens is 471 g/mol. The number of benzene rings is 2. The van der Waals surface area contributed by atoms with Crippen molar-refractivity contribution in [3.63, 3.8) is 0 Å². The highest BCUT2D eigenvalue weighted by Crippen LogP contribution is 2.39. The van der Waals surface area contributed by atoms with E-state index in [1.165, 1.54) is 12.1 Å². The van der Waals surface area contributed by atoms with Crippen molar-refractivity contribution in [3.05, 3.63) is 66.6 Å². The molecule has 0 radical (unpaired) electrons. The van der Waals surface area contributed by atoms with Crippen LogP contribution in [0, 0.1) is 5.82 Å². The van der Waals surface area contributed by atoms with Gasteiger partial charge in [-0.1, -0.05) is 30.3 Å². The number of carbonyl (C=O) groups excluding carboxylic acids is 1. The van der Waals surface area contributed by atoms with Crippen LogP contribution in [0.3, 0.4) is 0 Å². The number of halogens is 1. The minimum Gasteiger partial charge on any atom is -0.474 e. The van der Waals surface area contributed by atoms with Crippen molar-refractivity contribution in [1.82, 2.24) is 14.6 Å². The lowest BCUT2D eigenvalue weighted by molar-refractivity contribution is 0.110. The first-order valence-electron chi connectivity index (χ1n) is 11.2. The first-order chi connectivity index (χ1) is 16.7. The summed E-state index contributed by atoms with van der Waals surface area (Å²) in [5, 5.41) is 2.60. The summed E-state index contributed by atoms with van der Waals surface area (Å²) in [6, 6.07) is 14.0. The van der Waals surface area contributed by atoms with Gasteiger partial charge in [-0.3, -0.25) is 0 Å². The molecule has 2 aromatic carbocycles. The summed E-state index contributed by atoms with van der Waals surface area (Å²) in [5.74, 6) is -0.114. The van der Waals surface area contributed by atoms with Crippen LogP contribution in [0.4, 0.5) is 14.9 Å². The van der Waals surface area contributed by atoms with E-state index >= 15 is 0 Å². The van der Waals surface area contributed by atoms with Crippen LogP contribution in [-0.4, -0.2) is 56.8 Å². The first-order valence-corrected chi connectivity index (χ1v) is 13.1. The predicted molar refractivity (Wildman–Crippen MR) is 137 cm³/mol. The molecule has 0 aliphatic carbocycles. The van der Waals surface area contributed by atoms with Crippen molar-refractivity contribution in [2.24, 2.45) is 0 Å². The third kappa shape index (κ3) is 6.55. The van der Waals surface area contributed by atoms with Crippen LogP contribution in [0.1, 0.15) is 15.7 Å². The van der Waals surface area contributed by atoms with Crippen molar-refractivity contribution in [1.29, 1.82) is 0 Å². The van der Waals surface area contributed by atoms with Gasteiger partial charge in [0.05, 0.1) is 11.9 Å². The van der Waals surface area contributed by atoms with Gasteiger partial charge in [0.1, 0.15) is 11.9 Å². The van der Waals surface area contributed by atoms with Crippen LogP contribution in [0.5, 0.6) is 5.88 Å². The Labute approximate surface area is 207 Å². The normalized spacial score (nSPS) is 14.9. The summed E-state index contributed by atoms with van der Waals surface area (Å²) in [4.78, 5) is 19.0. The van der Waals surface area contributed by atoms with E-state index in [0.29, 0.717) is 28.1 Å². The van der Waals surface area contributed by atoms with Crippen molar-refractivity contribution >= 4 is 21.7 Å². The number of urea groups is 1. The average molecular weight is 503 g/mol. The highest BCUT2D eigenvalue weighted by atomic mass is 32.2. The van der Waals surface area contributed by atoms with Crippen LogP contribution < -0.4 is 14.8 Å². The number of anilines is 1. The fraction of sp³-hybridized carbons (Fsp3) is 0.280. The summed E-state index contributed by atoms with van der Waals surface area (Å²) in [6.07, 6.45) is 4.22. The number of nitrogens with zero attached hydrogens (tertiary/aromatic N) is 2. The highest BCUT2D eigenvalue weighted by Gasteiger charge is 2.21. The molecule has 8 nitrogen and oxygen atoms in total. The van der Waals surface area contributed by atoms with Crippen LogP contribution in [0.2, 0.25) is 0 Å². The largest absolute Gasteiger partial charge is 0.474 e. The Morgan fingerprint density at radius 1 is 1.09 bits per heavy atom. The third-order valence-corrected chi connectivity index (χ3v) is 6.26. The molecule has 1 aromatic heterocycles. The lowest BCUT2D eigenvalue weighted by atomic mass is 9.96. The average Bonchev–Trinajstić information content (AvgIpc) is 2.81. The zero-order chi connectivity index (χ0) is 25.0. The van der Waals surface area contributed by atoms with Crippen LogP contribution >= 0.6 is 0 Å². The van der Waals surface area contributed by atoms with E-state index in [2.05, 4.69) is 22.2 Å². The first kappa shape index (κ1) is 24.6. The standard InChI is InChI=1S/C25H27FN4O4S.2H2/c1-30-12-9-20(10-13-30)34-23-14-18(8-11-27-23)22-16-19(26)15-21(17-6-4-3-5-7-17)24(22)28-25(31)29-35(2,32)33;;/h3-8,11,14-16,20H,9-10,12-13H2,1-2H3,(H2,28,29,31);2*1H. The summed E-state index contributed by atoms with van der Waals surface area (Å²) >= 11 is 0. The second kappa shape index (κ2) is 10.4. The number of hydrogen-bond acceptors (Lipinski definition) is 6. The van der Waals surface area contributed by atoms with E-state index < -0.39 is 21.9 Å². The SMILES string of the molecule is CN1CCC(Oc2cc(-c3cc(F)cc(-c4ccccc4)c3NC(=O)NS(C)(=O)=O)ccn2)CC1.[HH].[HH]. The molecule has 1 saturated heterocycles. The summed E-state index contributed by atoms with van der Waals surface area (Å²) in [5.41, 5.74) is 2.24. The van der Waals surface area contributed by atoms with E-state index in [9.17, 15) is 17.6 Å². The maximum atomic E-state index is 14.8. The lowest BCUT2D eigenvalue weighted by Crippen LogP contribution is -2.35. The smallest absolute Gasteiger partial charge is 0.332 e. The molecule has 2 N–H and O–H groups in total. The molecule has 188 valence electrons. The fourth-order valence-corrected chi connectivity index (χ4v) is 4.42. The van der Waals surface area contributed by atoms with Gasteiger partial charge in [-0.25, -0.2) is 27.3 Å². The Morgan fingerprint density at radius 2 is 1.74 bits per heavy atom. The molecule has 0 saturated carbocycles. The topological polar surface area (TPSA) is 101 Å². The van der Waals surface area contributed by atoms with Gasteiger partial charge in [0.2, 0.25) is 15.9 Å². The number of aromatic nitrogens is 1. The van der Waals surface area contributed by atoms with E-state index in [-0.39, 0.29) is 14.6 Å². The van der Waals surface area contributed by atoms with E-state index in [0.717, 1.165) is 32.2 Å². The second-order valence-electron chi connectivity index (χ2n) is 8.57. The van der Waals surface area contributed by atoms with Gasteiger partial charge in [-0.15, -0.1) is 0 Å². The minimum atomic E-state index is -3.80. The number of ether oxygens (including phenoxy) is 1. The monoisotopic (exact) mass is 502 g/mol. The predicted octanol–water partition coefficient (Wildman–Crippen LogP) is 4.60. The maximum absolute atomic E-state index is 14.8. The maximum Gasteiger partial charge on any atom is 0.332 e. The molecule has 3 aromatic rings. The van der Waals surface area contributed by atoms with E-state index in [4.69, 9.17) is 4.74 Å². The molecule has 0 bridgehead atoms. The quantitative estimate of drug-likeness (QED) is 0.511. The number of hydrogen-bond donors (Lipinski definition) is 2. The van der Waals surface area contributed by atoms with Gasteiger partial charge in [0, 0.05) is 39.3 Å². The second-order valence-corrected chi connectivity index (χ2v) is 10.3. The molecule has 0 atom stereocenters. The zero-order valence-electron chi connectivity index (χ0n) is 19.5. The molecule has 2 amide bonds. The van der Waals surface area contributed by atoms with Crippen LogP contribution in [0.15, 0.2) is 60.8 Å². The third-order valence-electron chi connectivity index (χ3n) is 5.70. The molecule has 2 heterocycles. The summed E-state index contributed by atoms with van der Waals surface area (Å²) in [6.45, 7) is 1.86. The van der Waals surface area contributed by atoms with Crippen LogP contribution in [-0.2, 0) is 10.0 Å². The molecular formula is C25H31FN4O4S. The fourth-order valence-electron chi connectivity index (χ4n) is 4.04. The lowest BCUT2D eigenvalue weighted by Gasteiger charge is -2.29. The van der Waals surface area contributed by atoms with E-state index in [1.807, 2.05) is 10.8 Å². The summed E-state index contributed by atoms with van der Waals surface area (Å²) in [7, 11) is -1.74. The van der Waals surface area contributed by atoms with E-state index in [1.54, 1.807) is 42.6 Å². The zero-order valence-corrected chi connectivity index (χ0v) is 20.3. The molecule has 0 spiro atoms. The summed E-state index contributed by atoms with van der Waals surface area (Å²) < 4.78 is 46.0. The Bertz CT molecular complexity index is 1320. The molecule has 1 fully saturated rings. The van der Waals surface area contributed by atoms with Gasteiger partial charge in [-0.05, 0) is 49.2 Å². The van der Waals surface area contributed by atoms with Crippen molar-refractivity contribution in [2.45, 2.75) is 18.9 Å². The number of carbonyl (C=O) groups is 1. The van der Waals surface area contributed by atoms with Gasteiger partial charge in [0.25, 0.3) is 0 Å². The molecule has 35 heavy (non-hydrogen) atoms. The highest BCUT2D eigenvalue weighted by molar-refractivity contribution is 7.89. The van der Waals surface area contributed by atoms with Crippen molar-refractivity contribution < 1.29 is 25.2 Å². The van der Waals surface area contributed by atoms with Gasteiger partial charge in [-0.2, -0.15) is 0 Å².